The van der Waals surface area contributed by atoms with Crippen molar-refractivity contribution in [2.45, 2.75) is 26.7 Å². The molecule has 1 aromatic heterocycles. The molecule has 1 aromatic carbocycles. The number of hydrogen-bond acceptors (Lipinski definition) is 6. The van der Waals surface area contributed by atoms with E-state index in [9.17, 15) is 4.79 Å². The van der Waals surface area contributed by atoms with Crippen LogP contribution in [0.4, 0.5) is 17.2 Å². The van der Waals surface area contributed by atoms with Gasteiger partial charge in [0.15, 0.2) is 11.5 Å². The molecule has 7 heteroatoms. The van der Waals surface area contributed by atoms with E-state index in [2.05, 4.69) is 63.2 Å². The highest BCUT2D eigenvalue weighted by Gasteiger charge is 2.15. The van der Waals surface area contributed by atoms with Crippen molar-refractivity contribution in [3.8, 4) is 0 Å². The van der Waals surface area contributed by atoms with E-state index < -0.39 is 0 Å². The predicted octanol–water partition coefficient (Wildman–Crippen LogP) is 3.11. The largest absolute Gasteiger partial charge is 0.369 e. The summed E-state index contributed by atoms with van der Waals surface area (Å²) >= 11 is 0. The molecule has 0 spiro atoms. The van der Waals surface area contributed by atoms with Crippen LogP contribution in [0.5, 0.6) is 0 Å². The minimum atomic E-state index is -0.242. The molecule has 1 saturated heterocycles. The number of benzene rings is 1. The lowest BCUT2D eigenvalue weighted by Gasteiger charge is -2.34. The zero-order valence-electron chi connectivity index (χ0n) is 17.8. The summed E-state index contributed by atoms with van der Waals surface area (Å²) in [4.78, 5) is 19.4. The van der Waals surface area contributed by atoms with Crippen molar-refractivity contribution in [1.82, 2.24) is 15.1 Å². The maximum absolute atomic E-state index is 12.5. The maximum Gasteiger partial charge on any atom is 0.276 e. The number of aromatic nitrogens is 2. The van der Waals surface area contributed by atoms with E-state index >= 15 is 0 Å². The van der Waals surface area contributed by atoms with E-state index in [4.69, 9.17) is 0 Å². The molecule has 0 unspecified atom stereocenters. The van der Waals surface area contributed by atoms with Gasteiger partial charge in [-0.05, 0) is 56.3 Å². The van der Waals surface area contributed by atoms with E-state index in [-0.39, 0.29) is 5.91 Å². The first-order valence-corrected chi connectivity index (χ1v) is 10.5. The van der Waals surface area contributed by atoms with Gasteiger partial charge in [0.2, 0.25) is 0 Å². The Morgan fingerprint density at radius 2 is 1.62 bits per heavy atom. The Balaban J connectivity index is 1.59. The molecule has 29 heavy (non-hydrogen) atoms. The second-order valence-corrected chi connectivity index (χ2v) is 7.56. The second kappa shape index (κ2) is 10.2. The fraction of sp³-hybridized carbons (Fsp3) is 0.500. The lowest BCUT2D eigenvalue weighted by molar-refractivity contribution is 0.102. The van der Waals surface area contributed by atoms with Crippen LogP contribution in [-0.4, -0.2) is 67.3 Å². The molecule has 0 saturated carbocycles. The number of carbonyl (C=O) groups excluding carboxylic acids is 1. The second-order valence-electron chi connectivity index (χ2n) is 7.56. The summed E-state index contributed by atoms with van der Waals surface area (Å²) in [6.07, 6.45) is 2.10. The third-order valence-corrected chi connectivity index (χ3v) is 5.19. The average molecular weight is 397 g/mol. The first kappa shape index (κ1) is 21.0. The van der Waals surface area contributed by atoms with Gasteiger partial charge in [-0.25, -0.2) is 0 Å². The number of nitrogens with zero attached hydrogens (tertiary/aromatic N) is 5. The number of likely N-dealkylation sites (N-methyl/N-ethyl adjacent to an activating group) is 1. The van der Waals surface area contributed by atoms with Gasteiger partial charge in [0, 0.05) is 50.6 Å². The van der Waals surface area contributed by atoms with Crippen LogP contribution in [0, 0.1) is 0 Å². The summed E-state index contributed by atoms with van der Waals surface area (Å²) in [6.45, 7) is 10.4. The Bertz CT molecular complexity index is 763. The standard InChI is InChI=1S/C22H32N6O/c1-4-12-28(13-5-2)21-11-10-20(24-25-21)22(29)23-18-6-8-19(9-7-18)27-16-14-26(3)15-17-27/h6-11H,4-5,12-17H2,1-3H3,(H,23,29). The molecule has 0 aliphatic carbocycles. The molecule has 7 nitrogen and oxygen atoms in total. The summed E-state index contributed by atoms with van der Waals surface area (Å²) < 4.78 is 0. The number of rotatable bonds is 8. The molecular weight excluding hydrogens is 364 g/mol. The Labute approximate surface area is 173 Å². The van der Waals surface area contributed by atoms with Crippen LogP contribution >= 0.6 is 0 Å². The van der Waals surface area contributed by atoms with Crippen LogP contribution in [0.25, 0.3) is 0 Å². The normalized spacial score (nSPS) is 14.7. The van der Waals surface area contributed by atoms with Gasteiger partial charge in [0.05, 0.1) is 0 Å². The first-order valence-electron chi connectivity index (χ1n) is 10.5. The average Bonchev–Trinajstić information content (AvgIpc) is 2.75. The van der Waals surface area contributed by atoms with Crippen molar-refractivity contribution in [3.63, 3.8) is 0 Å². The minimum absolute atomic E-state index is 0.242. The van der Waals surface area contributed by atoms with Gasteiger partial charge in [-0.3, -0.25) is 4.79 Å². The zero-order chi connectivity index (χ0) is 20.6. The first-order chi connectivity index (χ1) is 14.1. The highest BCUT2D eigenvalue weighted by atomic mass is 16.1. The van der Waals surface area contributed by atoms with Crippen molar-refractivity contribution < 1.29 is 4.79 Å². The summed E-state index contributed by atoms with van der Waals surface area (Å²) in [5.74, 6) is 0.579. The van der Waals surface area contributed by atoms with Crippen LogP contribution in [0.3, 0.4) is 0 Å². The lowest BCUT2D eigenvalue weighted by atomic mass is 10.2. The molecule has 156 valence electrons. The smallest absolute Gasteiger partial charge is 0.276 e. The van der Waals surface area contributed by atoms with E-state index in [1.807, 2.05) is 18.2 Å². The molecule has 2 aromatic rings. The van der Waals surface area contributed by atoms with Gasteiger partial charge in [0.25, 0.3) is 5.91 Å². The van der Waals surface area contributed by atoms with Crippen LogP contribution in [0.2, 0.25) is 0 Å². The molecule has 1 N–H and O–H groups in total. The molecular formula is C22H32N6O. The van der Waals surface area contributed by atoms with Crippen molar-refractivity contribution in [2.75, 3.05) is 61.4 Å². The lowest BCUT2D eigenvalue weighted by Crippen LogP contribution is -2.44. The van der Waals surface area contributed by atoms with Gasteiger partial charge < -0.3 is 20.0 Å². The van der Waals surface area contributed by atoms with E-state index in [0.717, 1.165) is 63.6 Å². The molecule has 1 amide bonds. The SMILES string of the molecule is CCCN(CCC)c1ccc(C(=O)Nc2ccc(N3CCN(C)CC3)cc2)nn1. The number of nitrogens with one attached hydrogen (secondary N) is 1. The van der Waals surface area contributed by atoms with Crippen molar-refractivity contribution in [3.05, 3.63) is 42.1 Å². The van der Waals surface area contributed by atoms with Crippen LogP contribution in [0.1, 0.15) is 37.2 Å². The van der Waals surface area contributed by atoms with Crippen molar-refractivity contribution >= 4 is 23.1 Å². The van der Waals surface area contributed by atoms with Gasteiger partial charge in [0.1, 0.15) is 0 Å². The molecule has 0 radical (unpaired) electrons. The highest BCUT2D eigenvalue weighted by molar-refractivity contribution is 6.02. The van der Waals surface area contributed by atoms with Gasteiger partial charge in [-0.2, -0.15) is 0 Å². The molecule has 0 bridgehead atoms. The maximum atomic E-state index is 12.5. The van der Waals surface area contributed by atoms with Crippen molar-refractivity contribution in [1.29, 1.82) is 0 Å². The van der Waals surface area contributed by atoms with Gasteiger partial charge in [-0.15, -0.1) is 10.2 Å². The number of carbonyl (C=O) groups is 1. The minimum Gasteiger partial charge on any atom is -0.369 e. The molecule has 0 atom stereocenters. The Kier molecular flexibility index (Phi) is 7.41. The van der Waals surface area contributed by atoms with Crippen LogP contribution in [-0.2, 0) is 0 Å². The molecule has 1 fully saturated rings. The Morgan fingerprint density at radius 3 is 2.17 bits per heavy atom. The number of amides is 1. The van der Waals surface area contributed by atoms with Crippen LogP contribution < -0.4 is 15.1 Å². The number of anilines is 3. The fourth-order valence-electron chi connectivity index (χ4n) is 3.51. The molecule has 1 aliphatic heterocycles. The van der Waals surface area contributed by atoms with E-state index in [0.29, 0.717) is 5.69 Å². The summed E-state index contributed by atoms with van der Waals surface area (Å²) in [5, 5.41) is 11.3. The Hall–Kier alpha value is -2.67. The summed E-state index contributed by atoms with van der Waals surface area (Å²) in [7, 11) is 2.15. The van der Waals surface area contributed by atoms with Crippen molar-refractivity contribution in [2.24, 2.45) is 0 Å². The topological polar surface area (TPSA) is 64.6 Å². The third-order valence-electron chi connectivity index (χ3n) is 5.19. The number of piperazine rings is 1. The summed E-state index contributed by atoms with van der Waals surface area (Å²) in [6, 6.07) is 11.6. The van der Waals surface area contributed by atoms with E-state index in [1.165, 1.54) is 5.69 Å². The number of hydrogen-bond donors (Lipinski definition) is 1. The summed E-state index contributed by atoms with van der Waals surface area (Å²) in [5.41, 5.74) is 2.27. The van der Waals surface area contributed by atoms with Gasteiger partial charge in [-0.1, -0.05) is 13.8 Å². The third kappa shape index (κ3) is 5.67. The molecule has 2 heterocycles. The molecule has 3 rings (SSSR count). The highest BCUT2D eigenvalue weighted by Crippen LogP contribution is 2.20. The predicted molar refractivity (Wildman–Crippen MR) is 119 cm³/mol. The van der Waals surface area contributed by atoms with E-state index in [1.54, 1.807) is 6.07 Å². The Morgan fingerprint density at radius 1 is 0.966 bits per heavy atom. The van der Waals surface area contributed by atoms with Gasteiger partial charge >= 0.3 is 0 Å². The fourth-order valence-corrected chi connectivity index (χ4v) is 3.51. The zero-order valence-corrected chi connectivity index (χ0v) is 17.8. The monoisotopic (exact) mass is 396 g/mol. The van der Waals surface area contributed by atoms with Crippen LogP contribution in [0.15, 0.2) is 36.4 Å². The quantitative estimate of drug-likeness (QED) is 0.740. The molecule has 1 aliphatic rings.